The number of halogens is 1. The fourth-order valence-corrected chi connectivity index (χ4v) is 3.93. The lowest BCUT2D eigenvalue weighted by Gasteiger charge is -2.12. The Bertz CT molecular complexity index is 1130. The van der Waals surface area contributed by atoms with Gasteiger partial charge in [-0.1, -0.05) is 23.7 Å². The van der Waals surface area contributed by atoms with E-state index in [9.17, 15) is 8.42 Å². The molecule has 0 atom stereocenters. The van der Waals surface area contributed by atoms with Gasteiger partial charge in [0.1, 0.15) is 11.6 Å². The van der Waals surface area contributed by atoms with E-state index in [1.54, 1.807) is 44.2 Å². The van der Waals surface area contributed by atoms with Gasteiger partial charge in [-0.3, -0.25) is 4.72 Å². The van der Waals surface area contributed by atoms with Crippen LogP contribution < -0.4 is 15.4 Å². The van der Waals surface area contributed by atoms with Crippen molar-refractivity contribution in [2.24, 2.45) is 0 Å². The van der Waals surface area contributed by atoms with Crippen molar-refractivity contribution in [2.45, 2.75) is 18.7 Å². The van der Waals surface area contributed by atoms with Crippen molar-refractivity contribution < 1.29 is 8.42 Å². The molecule has 0 saturated heterocycles. The van der Waals surface area contributed by atoms with Crippen molar-refractivity contribution in [1.82, 2.24) is 9.97 Å². The quantitative estimate of drug-likeness (QED) is 0.500. The minimum absolute atomic E-state index is 0.0990. The van der Waals surface area contributed by atoms with Gasteiger partial charge < -0.3 is 10.6 Å². The molecule has 1 aromatic heterocycles. The van der Waals surface area contributed by atoms with Crippen LogP contribution in [0, 0.1) is 13.8 Å². The minimum atomic E-state index is -3.78. The normalized spacial score (nSPS) is 11.0. The second kappa shape index (κ2) is 8.73. The molecule has 0 aliphatic heterocycles. The van der Waals surface area contributed by atoms with E-state index in [0.717, 1.165) is 0 Å². The highest BCUT2D eigenvalue weighted by Crippen LogP contribution is 2.21. The molecule has 0 fully saturated rings. The van der Waals surface area contributed by atoms with E-state index in [1.165, 1.54) is 12.1 Å². The van der Waals surface area contributed by atoms with Gasteiger partial charge in [0.2, 0.25) is 0 Å². The summed E-state index contributed by atoms with van der Waals surface area (Å²) in [5, 5.41) is 6.85. The number of sulfonamides is 1. The van der Waals surface area contributed by atoms with Crippen LogP contribution in [0.2, 0.25) is 5.02 Å². The van der Waals surface area contributed by atoms with E-state index < -0.39 is 10.0 Å². The minimum Gasteiger partial charge on any atom is -0.332 e. The van der Waals surface area contributed by atoms with Crippen LogP contribution in [0.3, 0.4) is 0 Å². The summed E-state index contributed by atoms with van der Waals surface area (Å²) in [6.07, 6.45) is 0. The number of nitrogens with one attached hydrogen (secondary N) is 3. The Morgan fingerprint density at radius 2 is 1.69 bits per heavy atom. The molecule has 0 unspecified atom stereocenters. The maximum absolute atomic E-state index is 12.6. The summed E-state index contributed by atoms with van der Waals surface area (Å²) in [6.45, 7) is 3.47. The number of aryl methyl sites for hydroxylation is 2. The molecule has 0 aliphatic rings. The lowest BCUT2D eigenvalue weighted by molar-refractivity contribution is 0.601. The summed E-state index contributed by atoms with van der Waals surface area (Å²) in [7, 11) is -3.78. The van der Waals surface area contributed by atoms with E-state index in [4.69, 9.17) is 23.8 Å². The van der Waals surface area contributed by atoms with E-state index >= 15 is 0 Å². The standard InChI is InChI=1S/C19H18ClN5O2S2/c1-12-11-18(22-13(2)21-12)25-29(26,27)15-9-7-14(8-10-15)23-19(28)24-17-6-4-3-5-16(17)20/h3-11H,1-2H3,(H,21,22,25)(H2,23,24,28). The highest BCUT2D eigenvalue weighted by Gasteiger charge is 2.15. The first-order valence-electron chi connectivity index (χ1n) is 8.51. The van der Waals surface area contributed by atoms with Crippen LogP contribution in [0.15, 0.2) is 59.5 Å². The maximum Gasteiger partial charge on any atom is 0.263 e. The van der Waals surface area contributed by atoms with Crippen LogP contribution in [0.5, 0.6) is 0 Å². The van der Waals surface area contributed by atoms with Gasteiger partial charge in [-0.25, -0.2) is 18.4 Å². The Balaban J connectivity index is 1.69. The third-order valence-electron chi connectivity index (χ3n) is 3.75. The van der Waals surface area contributed by atoms with Gasteiger partial charge in [0.15, 0.2) is 5.11 Å². The second-order valence-corrected chi connectivity index (χ2v) is 8.63. The number of para-hydroxylation sites is 1. The monoisotopic (exact) mass is 447 g/mol. The van der Waals surface area contributed by atoms with Gasteiger partial charge in [-0.15, -0.1) is 0 Å². The number of hydrogen-bond donors (Lipinski definition) is 3. The Morgan fingerprint density at radius 1 is 1.00 bits per heavy atom. The first kappa shape index (κ1) is 21.0. The van der Waals surface area contributed by atoms with Gasteiger partial charge >= 0.3 is 0 Å². The average Bonchev–Trinajstić information content (AvgIpc) is 2.63. The summed E-state index contributed by atoms with van der Waals surface area (Å²) in [6, 6.07) is 15.0. The predicted molar refractivity (Wildman–Crippen MR) is 120 cm³/mol. The number of anilines is 3. The van der Waals surface area contributed by atoms with Crippen LogP contribution in [-0.2, 0) is 10.0 Å². The highest BCUT2D eigenvalue weighted by atomic mass is 35.5. The van der Waals surface area contributed by atoms with Crippen LogP contribution in [0.4, 0.5) is 17.2 Å². The number of thiocarbonyl (C=S) groups is 1. The summed E-state index contributed by atoms with van der Waals surface area (Å²) in [5.41, 5.74) is 1.97. The van der Waals surface area contributed by atoms with Crippen molar-refractivity contribution in [3.05, 3.63) is 71.1 Å². The average molecular weight is 448 g/mol. The van der Waals surface area contributed by atoms with Crippen molar-refractivity contribution >= 4 is 56.1 Å². The summed E-state index contributed by atoms with van der Waals surface area (Å²) in [4.78, 5) is 8.33. The molecule has 0 aliphatic carbocycles. The molecule has 3 aromatic rings. The number of rotatable bonds is 5. The smallest absolute Gasteiger partial charge is 0.263 e. The van der Waals surface area contributed by atoms with Crippen LogP contribution in [-0.4, -0.2) is 23.5 Å². The maximum atomic E-state index is 12.6. The Hall–Kier alpha value is -2.75. The van der Waals surface area contributed by atoms with Crippen molar-refractivity contribution in [1.29, 1.82) is 0 Å². The zero-order valence-corrected chi connectivity index (χ0v) is 18.0. The fraction of sp³-hybridized carbons (Fsp3) is 0.105. The van der Waals surface area contributed by atoms with Gasteiger partial charge in [0, 0.05) is 17.4 Å². The topological polar surface area (TPSA) is 96.0 Å². The van der Waals surface area contributed by atoms with E-state index in [2.05, 4.69) is 25.3 Å². The largest absolute Gasteiger partial charge is 0.332 e. The molecule has 0 radical (unpaired) electrons. The SMILES string of the molecule is Cc1cc(NS(=O)(=O)c2ccc(NC(=S)Nc3ccccc3Cl)cc2)nc(C)n1. The molecule has 29 heavy (non-hydrogen) atoms. The van der Waals surface area contributed by atoms with Crippen LogP contribution in [0.25, 0.3) is 0 Å². The molecule has 0 bridgehead atoms. The number of aromatic nitrogens is 2. The van der Waals surface area contributed by atoms with Crippen molar-refractivity contribution in [3.8, 4) is 0 Å². The molecule has 3 rings (SSSR count). The first-order chi connectivity index (χ1) is 13.7. The summed E-state index contributed by atoms with van der Waals surface area (Å²) in [5.74, 6) is 0.712. The molecule has 3 N–H and O–H groups in total. The van der Waals surface area contributed by atoms with Crippen molar-refractivity contribution in [2.75, 3.05) is 15.4 Å². The Morgan fingerprint density at radius 3 is 2.34 bits per heavy atom. The number of nitrogens with zero attached hydrogens (tertiary/aromatic N) is 2. The predicted octanol–water partition coefficient (Wildman–Crippen LogP) is 4.36. The lowest BCUT2D eigenvalue weighted by Crippen LogP contribution is -2.19. The first-order valence-corrected chi connectivity index (χ1v) is 10.8. The number of benzene rings is 2. The van der Waals surface area contributed by atoms with E-state index in [0.29, 0.717) is 33.0 Å². The van der Waals surface area contributed by atoms with Crippen LogP contribution >= 0.6 is 23.8 Å². The molecule has 2 aromatic carbocycles. The van der Waals surface area contributed by atoms with Gasteiger partial charge in [-0.05, 0) is 62.5 Å². The molecule has 10 heteroatoms. The second-order valence-electron chi connectivity index (χ2n) is 6.13. The fourth-order valence-electron chi connectivity index (χ4n) is 2.53. The van der Waals surface area contributed by atoms with E-state index in [-0.39, 0.29) is 10.7 Å². The summed E-state index contributed by atoms with van der Waals surface area (Å²) < 4.78 is 27.6. The molecule has 150 valence electrons. The van der Waals surface area contributed by atoms with E-state index in [1.807, 2.05) is 12.1 Å². The Kier molecular flexibility index (Phi) is 6.31. The van der Waals surface area contributed by atoms with Gasteiger partial charge in [0.25, 0.3) is 10.0 Å². The van der Waals surface area contributed by atoms with Gasteiger partial charge in [-0.2, -0.15) is 0 Å². The molecule has 1 heterocycles. The summed E-state index contributed by atoms with van der Waals surface area (Å²) >= 11 is 11.4. The third kappa shape index (κ3) is 5.63. The lowest BCUT2D eigenvalue weighted by atomic mass is 10.3. The zero-order chi connectivity index (χ0) is 21.0. The molecular weight excluding hydrogens is 430 g/mol. The Labute approximate surface area is 179 Å². The van der Waals surface area contributed by atoms with Gasteiger partial charge in [0.05, 0.1) is 15.6 Å². The van der Waals surface area contributed by atoms with Crippen molar-refractivity contribution in [3.63, 3.8) is 0 Å². The van der Waals surface area contributed by atoms with Crippen LogP contribution in [0.1, 0.15) is 11.5 Å². The molecular formula is C19H18ClN5O2S2. The molecule has 7 nitrogen and oxygen atoms in total. The zero-order valence-electron chi connectivity index (χ0n) is 15.6. The highest BCUT2D eigenvalue weighted by molar-refractivity contribution is 7.92. The third-order valence-corrected chi connectivity index (χ3v) is 5.65. The molecule has 0 spiro atoms. The molecule has 0 saturated carbocycles. The number of hydrogen-bond acceptors (Lipinski definition) is 5. The molecule has 0 amide bonds.